The van der Waals surface area contributed by atoms with Crippen molar-refractivity contribution < 1.29 is 9.59 Å². The van der Waals surface area contributed by atoms with Gasteiger partial charge in [0.15, 0.2) is 5.82 Å². The van der Waals surface area contributed by atoms with Crippen LogP contribution < -0.4 is 4.90 Å². The van der Waals surface area contributed by atoms with E-state index in [1.807, 2.05) is 0 Å². The molecule has 2 aromatic rings. The summed E-state index contributed by atoms with van der Waals surface area (Å²) >= 11 is 0. The molecule has 2 rings (SSSR count). The van der Waals surface area contributed by atoms with Crippen LogP contribution >= 0.6 is 0 Å². The van der Waals surface area contributed by atoms with Crippen LogP contribution in [0.25, 0.3) is 0 Å². The summed E-state index contributed by atoms with van der Waals surface area (Å²) in [4.78, 5) is 31.1. The van der Waals surface area contributed by atoms with Gasteiger partial charge in [-0.1, -0.05) is 6.58 Å². The predicted molar refractivity (Wildman–Crippen MR) is 87.0 cm³/mol. The Hall–Kier alpha value is -2.96. The van der Waals surface area contributed by atoms with Crippen molar-refractivity contribution in [2.24, 2.45) is 0 Å². The van der Waals surface area contributed by atoms with E-state index in [1.165, 1.54) is 15.9 Å². The number of hydrogen-bond acceptors (Lipinski definition) is 4. The number of carbonyl (C=O) groups is 2. The number of aryl methyl sites for hydroxylation is 1. The summed E-state index contributed by atoms with van der Waals surface area (Å²) < 4.78 is 0. The van der Waals surface area contributed by atoms with Gasteiger partial charge in [0.25, 0.3) is 5.91 Å². The fourth-order valence-electron chi connectivity index (χ4n) is 2.06. The molecule has 0 saturated carbocycles. The van der Waals surface area contributed by atoms with Crippen LogP contribution in [0.4, 0.5) is 5.69 Å². The molecule has 0 aliphatic heterocycles. The van der Waals surface area contributed by atoms with Crippen LogP contribution in [0.1, 0.15) is 22.0 Å². The van der Waals surface area contributed by atoms with Crippen molar-refractivity contribution in [2.45, 2.75) is 13.5 Å². The lowest BCUT2D eigenvalue weighted by Gasteiger charge is -2.17. The van der Waals surface area contributed by atoms with Crippen LogP contribution in [0, 0.1) is 6.92 Å². The van der Waals surface area contributed by atoms with Gasteiger partial charge in [0.2, 0.25) is 5.91 Å². The van der Waals surface area contributed by atoms with Gasteiger partial charge >= 0.3 is 0 Å². The van der Waals surface area contributed by atoms with Crippen LogP contribution in [0.15, 0.2) is 36.9 Å². The zero-order chi connectivity index (χ0) is 17.0. The van der Waals surface area contributed by atoms with Crippen molar-refractivity contribution in [1.82, 2.24) is 20.1 Å². The summed E-state index contributed by atoms with van der Waals surface area (Å²) in [5, 5.41) is 6.76. The number of nitrogens with one attached hydrogen (secondary N) is 1. The topological polar surface area (TPSA) is 82.2 Å². The highest BCUT2D eigenvalue weighted by molar-refractivity contribution is 6.01. The molecule has 7 heteroatoms. The quantitative estimate of drug-likeness (QED) is 0.849. The van der Waals surface area contributed by atoms with Gasteiger partial charge in [-0.15, -0.1) is 0 Å². The van der Waals surface area contributed by atoms with Crippen molar-refractivity contribution in [3.8, 4) is 0 Å². The Morgan fingerprint density at radius 1 is 1.26 bits per heavy atom. The Kier molecular flexibility index (Phi) is 4.90. The van der Waals surface area contributed by atoms with Crippen molar-refractivity contribution in [3.05, 3.63) is 54.1 Å². The summed E-state index contributed by atoms with van der Waals surface area (Å²) in [6.45, 7) is 5.57. The van der Waals surface area contributed by atoms with Crippen LogP contribution in [-0.2, 0) is 11.3 Å². The lowest BCUT2D eigenvalue weighted by Crippen LogP contribution is -2.27. The second-order valence-corrected chi connectivity index (χ2v) is 5.15. The molecule has 1 aromatic carbocycles. The van der Waals surface area contributed by atoms with Crippen molar-refractivity contribution in [2.75, 3.05) is 19.0 Å². The van der Waals surface area contributed by atoms with Gasteiger partial charge in [-0.3, -0.25) is 14.7 Å². The third-order valence-corrected chi connectivity index (χ3v) is 3.38. The molecule has 0 aliphatic rings. The third kappa shape index (κ3) is 3.82. The molecule has 0 unspecified atom stereocenters. The Labute approximate surface area is 134 Å². The predicted octanol–water partition coefficient (Wildman–Crippen LogP) is 1.53. The van der Waals surface area contributed by atoms with Crippen LogP contribution in [-0.4, -0.2) is 46.0 Å². The van der Waals surface area contributed by atoms with E-state index in [4.69, 9.17) is 0 Å². The number of carbonyl (C=O) groups excluding carboxylic acids is 2. The van der Waals surface area contributed by atoms with E-state index in [0.29, 0.717) is 29.4 Å². The summed E-state index contributed by atoms with van der Waals surface area (Å²) in [5.41, 5.74) is 1.22. The van der Waals surface area contributed by atoms with Gasteiger partial charge in [-0.2, -0.15) is 5.10 Å². The SMILES string of the molecule is C=CC(=O)N(C)c1ccc(C(=O)N(C)Cc2n[nH]c(C)n2)cc1. The average Bonchev–Trinajstić information content (AvgIpc) is 2.97. The van der Waals surface area contributed by atoms with Gasteiger partial charge in [-0.25, -0.2) is 4.98 Å². The van der Waals surface area contributed by atoms with E-state index in [9.17, 15) is 9.59 Å². The zero-order valence-corrected chi connectivity index (χ0v) is 13.4. The first-order chi connectivity index (χ1) is 10.9. The molecule has 0 atom stereocenters. The molecule has 0 aliphatic carbocycles. The first kappa shape index (κ1) is 16.4. The summed E-state index contributed by atoms with van der Waals surface area (Å²) in [7, 11) is 3.34. The fourth-order valence-corrected chi connectivity index (χ4v) is 2.06. The molecule has 7 nitrogen and oxygen atoms in total. The van der Waals surface area contributed by atoms with E-state index in [1.54, 1.807) is 45.3 Å². The maximum Gasteiger partial charge on any atom is 0.254 e. The summed E-state index contributed by atoms with van der Waals surface area (Å²) in [5.74, 6) is 0.921. The number of hydrogen-bond donors (Lipinski definition) is 1. The van der Waals surface area contributed by atoms with Crippen LogP contribution in [0.2, 0.25) is 0 Å². The molecule has 1 heterocycles. The Morgan fingerprint density at radius 2 is 1.91 bits per heavy atom. The highest BCUT2D eigenvalue weighted by Gasteiger charge is 2.15. The van der Waals surface area contributed by atoms with Crippen molar-refractivity contribution >= 4 is 17.5 Å². The van der Waals surface area contributed by atoms with Gasteiger partial charge in [-0.05, 0) is 37.3 Å². The number of H-pyrrole nitrogens is 1. The smallest absolute Gasteiger partial charge is 0.254 e. The molecule has 23 heavy (non-hydrogen) atoms. The molecule has 2 amide bonds. The molecule has 120 valence electrons. The summed E-state index contributed by atoms with van der Waals surface area (Å²) in [6.07, 6.45) is 1.24. The molecule has 0 fully saturated rings. The van der Waals surface area contributed by atoms with Crippen LogP contribution in [0.5, 0.6) is 0 Å². The minimum Gasteiger partial charge on any atom is -0.334 e. The number of likely N-dealkylation sites (N-methyl/N-ethyl adjacent to an activating group) is 1. The third-order valence-electron chi connectivity index (χ3n) is 3.38. The largest absolute Gasteiger partial charge is 0.334 e. The van der Waals surface area contributed by atoms with E-state index >= 15 is 0 Å². The maximum atomic E-state index is 12.4. The monoisotopic (exact) mass is 313 g/mol. The number of nitrogens with zero attached hydrogens (tertiary/aromatic N) is 4. The van der Waals surface area contributed by atoms with E-state index in [0.717, 1.165) is 0 Å². The minimum atomic E-state index is -0.207. The Balaban J connectivity index is 2.07. The van der Waals surface area contributed by atoms with Gasteiger partial charge < -0.3 is 9.80 Å². The van der Waals surface area contributed by atoms with E-state index in [2.05, 4.69) is 21.8 Å². The Bertz CT molecular complexity index is 720. The minimum absolute atomic E-state index is 0.142. The second-order valence-electron chi connectivity index (χ2n) is 5.15. The summed E-state index contributed by atoms with van der Waals surface area (Å²) in [6, 6.07) is 6.81. The number of benzene rings is 1. The number of aromatic nitrogens is 3. The molecule has 1 N–H and O–H groups in total. The zero-order valence-electron chi connectivity index (χ0n) is 13.4. The lowest BCUT2D eigenvalue weighted by atomic mass is 10.1. The van der Waals surface area contributed by atoms with Gasteiger partial charge in [0.05, 0.1) is 6.54 Å². The van der Waals surface area contributed by atoms with E-state index < -0.39 is 0 Å². The Morgan fingerprint density at radius 3 is 2.43 bits per heavy atom. The van der Waals surface area contributed by atoms with Crippen molar-refractivity contribution in [1.29, 1.82) is 0 Å². The normalized spacial score (nSPS) is 10.2. The number of amides is 2. The molecular formula is C16H19N5O2. The highest BCUT2D eigenvalue weighted by atomic mass is 16.2. The average molecular weight is 313 g/mol. The van der Waals surface area contributed by atoms with E-state index in [-0.39, 0.29) is 11.8 Å². The first-order valence-corrected chi connectivity index (χ1v) is 7.06. The standard InChI is InChI=1S/C16H19N5O2/c1-5-15(22)21(4)13-8-6-12(7-9-13)16(23)20(3)10-14-17-11(2)18-19-14/h5-9H,1,10H2,2-4H3,(H,17,18,19). The molecule has 0 bridgehead atoms. The molecule has 0 radical (unpaired) electrons. The number of anilines is 1. The molecule has 0 spiro atoms. The van der Waals surface area contributed by atoms with Gasteiger partial charge in [0, 0.05) is 25.3 Å². The lowest BCUT2D eigenvalue weighted by molar-refractivity contribution is -0.113. The molecular weight excluding hydrogens is 294 g/mol. The highest BCUT2D eigenvalue weighted by Crippen LogP contribution is 2.15. The van der Waals surface area contributed by atoms with Crippen LogP contribution in [0.3, 0.4) is 0 Å². The maximum absolute atomic E-state index is 12.4. The molecule has 1 aromatic heterocycles. The fraction of sp³-hybridized carbons (Fsp3) is 0.250. The number of rotatable bonds is 5. The number of aromatic amines is 1. The van der Waals surface area contributed by atoms with Gasteiger partial charge in [0.1, 0.15) is 5.82 Å². The molecule has 0 saturated heterocycles. The second kappa shape index (κ2) is 6.87. The van der Waals surface area contributed by atoms with Crippen molar-refractivity contribution in [3.63, 3.8) is 0 Å². The first-order valence-electron chi connectivity index (χ1n) is 7.06.